The van der Waals surface area contributed by atoms with E-state index in [4.69, 9.17) is 1.37 Å². The molecule has 22 heavy (non-hydrogen) atoms. The van der Waals surface area contributed by atoms with Gasteiger partial charge in [-0.15, -0.1) is 0 Å². The zero-order valence-corrected chi connectivity index (χ0v) is 13.3. The summed E-state index contributed by atoms with van der Waals surface area (Å²) in [6.07, 6.45) is 1.85. The molecule has 9 heteroatoms. The number of aliphatic hydroxyl groups excluding tert-OH is 1. The average Bonchev–Trinajstić information content (AvgIpc) is 2.83. The van der Waals surface area contributed by atoms with E-state index in [-0.39, 0.29) is 30.5 Å². The smallest absolute Gasteiger partial charge is 0.310 e. The molecule has 0 bridgehead atoms. The maximum Gasteiger partial charge on any atom is 0.310 e. The van der Waals surface area contributed by atoms with Gasteiger partial charge in [-0.1, -0.05) is 0 Å². The number of hydrogen-bond acceptors (Lipinski definition) is 7. The van der Waals surface area contributed by atoms with Crippen molar-refractivity contribution in [1.82, 2.24) is 3.97 Å². The summed E-state index contributed by atoms with van der Waals surface area (Å²) < 4.78 is 41.0. The molecule has 0 spiro atoms. The standard InChI is InChI=1S/C13H19NO7S/c1-20-12(16)5-4-9-7-14(22(3,18)19)11(8-15)10(9)6-13(17)21-2/h7,15H,4-6,8H2,1-3H3/i8D. The number of carbonyl (C=O) groups excluding carboxylic acids is 2. The SMILES string of the molecule is [2H]C(O)c1c(CC(=O)OC)c(CCC(=O)OC)cn1S(C)(=O)=O. The summed E-state index contributed by atoms with van der Waals surface area (Å²) in [6.45, 7) is -1.86. The Kier molecular flexibility index (Phi) is 5.56. The first-order valence-electron chi connectivity index (χ1n) is 6.87. The third kappa shape index (κ3) is 4.31. The number of rotatable bonds is 7. The number of methoxy groups -OCH3 is 2. The summed E-state index contributed by atoms with van der Waals surface area (Å²) in [5.74, 6) is -1.16. The van der Waals surface area contributed by atoms with E-state index < -0.39 is 28.5 Å². The maximum absolute atomic E-state index is 11.8. The lowest BCUT2D eigenvalue weighted by atomic mass is 10.0. The van der Waals surface area contributed by atoms with Gasteiger partial charge in [0.2, 0.25) is 10.0 Å². The molecule has 1 N–H and O–H groups in total. The van der Waals surface area contributed by atoms with Crippen LogP contribution in [-0.4, -0.2) is 49.9 Å². The molecule has 124 valence electrons. The summed E-state index contributed by atoms with van der Waals surface area (Å²) in [5, 5.41) is 9.61. The lowest BCUT2D eigenvalue weighted by molar-refractivity contribution is -0.141. The van der Waals surface area contributed by atoms with Gasteiger partial charge in [-0.3, -0.25) is 9.59 Å². The predicted molar refractivity (Wildman–Crippen MR) is 76.7 cm³/mol. The molecule has 1 atom stereocenters. The van der Waals surface area contributed by atoms with Gasteiger partial charge < -0.3 is 14.6 Å². The molecule has 0 saturated carbocycles. The normalized spacial score (nSPS) is 13.4. The minimum Gasteiger partial charge on any atom is -0.469 e. The van der Waals surface area contributed by atoms with Crippen LogP contribution in [-0.2, 0) is 48.5 Å². The molecule has 1 rings (SSSR count). The Labute approximate surface area is 130 Å². The highest BCUT2D eigenvalue weighted by Gasteiger charge is 2.22. The lowest BCUT2D eigenvalue weighted by Gasteiger charge is -2.07. The third-order valence-corrected chi connectivity index (χ3v) is 4.08. The molecule has 8 nitrogen and oxygen atoms in total. The zero-order chi connectivity index (χ0) is 17.8. The summed E-state index contributed by atoms with van der Waals surface area (Å²) >= 11 is 0. The number of carbonyl (C=O) groups is 2. The van der Waals surface area contributed by atoms with Crippen LogP contribution in [0.4, 0.5) is 0 Å². The second-order valence-corrected chi connectivity index (χ2v) is 6.39. The van der Waals surface area contributed by atoms with Gasteiger partial charge >= 0.3 is 11.9 Å². The summed E-state index contributed by atoms with van der Waals surface area (Å²) in [5.41, 5.74) is 0.277. The van der Waals surface area contributed by atoms with Crippen molar-refractivity contribution in [1.29, 1.82) is 0 Å². The van der Waals surface area contributed by atoms with Crippen molar-refractivity contribution in [3.8, 4) is 0 Å². The molecule has 0 aliphatic heterocycles. The zero-order valence-electron chi connectivity index (χ0n) is 13.5. The molecule has 0 fully saturated rings. The molecule has 0 aromatic carbocycles. The first-order valence-corrected chi connectivity index (χ1v) is 8.14. The molecule has 1 unspecified atom stereocenters. The molecular formula is C13H19NO7S. The van der Waals surface area contributed by atoms with E-state index in [2.05, 4.69) is 9.47 Å². The van der Waals surface area contributed by atoms with E-state index in [1.165, 1.54) is 20.4 Å². The molecular weight excluding hydrogens is 314 g/mol. The Morgan fingerprint density at radius 1 is 1.32 bits per heavy atom. The van der Waals surface area contributed by atoms with E-state index in [0.29, 0.717) is 5.56 Å². The first kappa shape index (κ1) is 16.5. The van der Waals surface area contributed by atoms with Gasteiger partial charge in [-0.05, 0) is 17.5 Å². The molecule has 0 saturated heterocycles. The highest BCUT2D eigenvalue weighted by molar-refractivity contribution is 7.89. The largest absolute Gasteiger partial charge is 0.469 e. The van der Waals surface area contributed by atoms with Crippen molar-refractivity contribution in [3.05, 3.63) is 23.0 Å². The van der Waals surface area contributed by atoms with Crippen molar-refractivity contribution in [3.63, 3.8) is 0 Å². The van der Waals surface area contributed by atoms with Crippen LogP contribution in [0.3, 0.4) is 0 Å². The summed E-state index contributed by atoms with van der Waals surface area (Å²) in [7, 11) is -1.41. The number of aromatic nitrogens is 1. The number of esters is 2. The summed E-state index contributed by atoms with van der Waals surface area (Å²) in [6, 6.07) is 0. The Hall–Kier alpha value is -1.87. The number of ether oxygens (including phenoxy) is 2. The Morgan fingerprint density at radius 3 is 2.36 bits per heavy atom. The van der Waals surface area contributed by atoms with Crippen LogP contribution in [0.25, 0.3) is 0 Å². The molecule has 1 heterocycles. The van der Waals surface area contributed by atoms with E-state index >= 15 is 0 Å². The Balaban J connectivity index is 3.41. The molecule has 0 radical (unpaired) electrons. The summed E-state index contributed by atoms with van der Waals surface area (Å²) in [4.78, 5) is 22.8. The van der Waals surface area contributed by atoms with Gasteiger partial charge in [0.25, 0.3) is 0 Å². The molecule has 1 aromatic rings. The van der Waals surface area contributed by atoms with E-state index in [9.17, 15) is 23.1 Å². The number of aliphatic hydroxyl groups is 1. The molecule has 0 aliphatic rings. The van der Waals surface area contributed by atoms with Gasteiger partial charge in [0.05, 0.1) is 40.5 Å². The van der Waals surface area contributed by atoms with Crippen molar-refractivity contribution < 1.29 is 34.0 Å². The number of hydrogen-bond donors (Lipinski definition) is 1. The van der Waals surface area contributed by atoms with Gasteiger partial charge in [0, 0.05) is 12.6 Å². The van der Waals surface area contributed by atoms with E-state index in [0.717, 1.165) is 10.2 Å². The van der Waals surface area contributed by atoms with Gasteiger partial charge in [-0.2, -0.15) is 0 Å². The number of aryl methyl sites for hydroxylation is 1. The molecule has 0 amide bonds. The molecule has 0 aliphatic carbocycles. The topological polar surface area (TPSA) is 112 Å². The van der Waals surface area contributed by atoms with Crippen LogP contribution < -0.4 is 0 Å². The quantitative estimate of drug-likeness (QED) is 0.676. The van der Waals surface area contributed by atoms with E-state index in [1.54, 1.807) is 0 Å². The second-order valence-electron chi connectivity index (χ2n) is 4.54. The van der Waals surface area contributed by atoms with Crippen LogP contribution in [0.1, 0.15) is 24.6 Å². The van der Waals surface area contributed by atoms with Crippen molar-refractivity contribution in [2.24, 2.45) is 0 Å². The van der Waals surface area contributed by atoms with Crippen LogP contribution in [0.2, 0.25) is 0 Å². The fourth-order valence-electron chi connectivity index (χ4n) is 1.97. The Morgan fingerprint density at radius 2 is 1.91 bits per heavy atom. The minimum absolute atomic E-state index is 0.0357. The lowest BCUT2D eigenvalue weighted by Crippen LogP contribution is -2.14. The monoisotopic (exact) mass is 334 g/mol. The van der Waals surface area contributed by atoms with Crippen molar-refractivity contribution in [2.75, 3.05) is 20.5 Å². The van der Waals surface area contributed by atoms with Gasteiger partial charge in [0.1, 0.15) is 0 Å². The van der Waals surface area contributed by atoms with Crippen LogP contribution in [0.5, 0.6) is 0 Å². The predicted octanol–water partition coefficient (Wildman–Crippen LogP) is -0.391. The third-order valence-electron chi connectivity index (χ3n) is 3.06. The van der Waals surface area contributed by atoms with Gasteiger partial charge in [-0.25, -0.2) is 12.4 Å². The van der Waals surface area contributed by atoms with E-state index in [1.807, 2.05) is 0 Å². The van der Waals surface area contributed by atoms with Crippen LogP contribution >= 0.6 is 0 Å². The van der Waals surface area contributed by atoms with Gasteiger partial charge in [0.15, 0.2) is 0 Å². The number of nitrogens with zero attached hydrogens (tertiary/aromatic N) is 1. The van der Waals surface area contributed by atoms with Crippen molar-refractivity contribution in [2.45, 2.75) is 25.8 Å². The first-order chi connectivity index (χ1) is 10.6. The fraction of sp³-hybridized carbons (Fsp3) is 0.538. The second kappa shape index (κ2) is 7.41. The average molecular weight is 334 g/mol. The Bertz CT molecular complexity index is 693. The fourth-order valence-corrected chi connectivity index (χ4v) is 2.80. The van der Waals surface area contributed by atoms with Crippen LogP contribution in [0.15, 0.2) is 6.20 Å². The highest BCUT2D eigenvalue weighted by Crippen LogP contribution is 2.22. The maximum atomic E-state index is 11.8. The molecule has 1 aromatic heterocycles. The highest BCUT2D eigenvalue weighted by atomic mass is 32.2. The van der Waals surface area contributed by atoms with Crippen molar-refractivity contribution >= 4 is 22.0 Å². The minimum atomic E-state index is -3.80. The van der Waals surface area contributed by atoms with Crippen LogP contribution in [0, 0.1) is 0 Å².